The summed E-state index contributed by atoms with van der Waals surface area (Å²) >= 11 is 0. The van der Waals surface area contributed by atoms with Crippen molar-refractivity contribution in [2.45, 2.75) is 19.3 Å². The first-order valence-corrected chi connectivity index (χ1v) is 20.3. The van der Waals surface area contributed by atoms with Crippen LogP contribution in [0.2, 0.25) is 0 Å². The summed E-state index contributed by atoms with van der Waals surface area (Å²) in [5.74, 6) is 0. The van der Waals surface area contributed by atoms with E-state index >= 15 is 0 Å². The summed E-state index contributed by atoms with van der Waals surface area (Å²) in [5.41, 5.74) is 16.1. The van der Waals surface area contributed by atoms with E-state index in [1.165, 1.54) is 88.0 Å². The van der Waals surface area contributed by atoms with E-state index in [4.69, 9.17) is 0 Å². The fourth-order valence-corrected chi connectivity index (χ4v) is 9.73. The normalized spacial score (nSPS) is 12.8. The van der Waals surface area contributed by atoms with Crippen LogP contribution in [0.15, 0.2) is 212 Å². The van der Waals surface area contributed by atoms with Gasteiger partial charge < -0.3 is 4.90 Å². The standard InChI is InChI=1S/C57H41N/c1-57(2)52-30-18-17-28-45(52)46-33-31-40(35-53(46)57)50-37-49(38-19-7-3-8-20-38)55-47-29-16-15-27-44(47)51-36-43(32-34-48(51)56(55)54(50)39-21-9-4-10-22-39)58(41-23-11-5-12-24-41)42-25-13-6-14-26-42/h3-37H,1-2H3. The fourth-order valence-electron chi connectivity index (χ4n) is 9.73. The average molecular weight is 740 g/mol. The number of hydrogen-bond donors (Lipinski definition) is 0. The largest absolute Gasteiger partial charge is 0.310 e. The lowest BCUT2D eigenvalue weighted by atomic mass is 9.79. The van der Waals surface area contributed by atoms with Gasteiger partial charge in [-0.3, -0.25) is 0 Å². The van der Waals surface area contributed by atoms with E-state index in [-0.39, 0.29) is 5.41 Å². The van der Waals surface area contributed by atoms with Crippen LogP contribution in [0.25, 0.3) is 76.8 Å². The molecule has 0 aromatic heterocycles. The van der Waals surface area contributed by atoms with E-state index in [9.17, 15) is 0 Å². The molecule has 0 amide bonds. The lowest BCUT2D eigenvalue weighted by Crippen LogP contribution is -2.14. The third kappa shape index (κ3) is 5.31. The third-order valence-corrected chi connectivity index (χ3v) is 12.4. The van der Waals surface area contributed by atoms with Crippen LogP contribution in [0.1, 0.15) is 25.0 Å². The molecule has 1 aliphatic rings. The van der Waals surface area contributed by atoms with E-state index in [2.05, 4.69) is 231 Å². The Bertz CT molecular complexity index is 3130. The van der Waals surface area contributed by atoms with Crippen LogP contribution in [-0.2, 0) is 5.41 Å². The molecule has 0 saturated heterocycles. The first-order valence-electron chi connectivity index (χ1n) is 20.3. The molecule has 0 atom stereocenters. The van der Waals surface area contributed by atoms with Gasteiger partial charge in [-0.2, -0.15) is 0 Å². The van der Waals surface area contributed by atoms with Crippen molar-refractivity contribution >= 4 is 49.4 Å². The van der Waals surface area contributed by atoms with Gasteiger partial charge in [-0.15, -0.1) is 0 Å². The molecule has 0 unspecified atom stereocenters. The quantitative estimate of drug-likeness (QED) is 0.154. The summed E-state index contributed by atoms with van der Waals surface area (Å²) in [6.45, 7) is 4.75. The second-order valence-corrected chi connectivity index (χ2v) is 16.0. The van der Waals surface area contributed by atoms with Gasteiger partial charge in [0.1, 0.15) is 0 Å². The number of rotatable bonds is 6. The highest BCUT2D eigenvalue weighted by Crippen LogP contribution is 2.53. The van der Waals surface area contributed by atoms with E-state index in [1.54, 1.807) is 0 Å². The minimum Gasteiger partial charge on any atom is -0.310 e. The second-order valence-electron chi connectivity index (χ2n) is 16.0. The molecule has 0 fully saturated rings. The number of anilines is 3. The molecule has 0 heterocycles. The second kappa shape index (κ2) is 13.5. The predicted molar refractivity (Wildman–Crippen MR) is 248 cm³/mol. The summed E-state index contributed by atoms with van der Waals surface area (Å²) in [6, 6.07) is 78.2. The minimum atomic E-state index is -0.114. The molecular formula is C57H41N. The van der Waals surface area contributed by atoms with Crippen LogP contribution in [0, 0.1) is 0 Å². The van der Waals surface area contributed by atoms with Crippen molar-refractivity contribution in [3.8, 4) is 44.5 Å². The molecule has 1 aliphatic carbocycles. The molecule has 0 bridgehead atoms. The summed E-state index contributed by atoms with van der Waals surface area (Å²) < 4.78 is 0. The zero-order valence-electron chi connectivity index (χ0n) is 32.7. The molecule has 0 N–H and O–H groups in total. The Hall–Kier alpha value is -7.22. The lowest BCUT2D eigenvalue weighted by Gasteiger charge is -2.27. The van der Waals surface area contributed by atoms with Gasteiger partial charge in [0.25, 0.3) is 0 Å². The third-order valence-electron chi connectivity index (χ3n) is 12.4. The molecule has 0 saturated carbocycles. The minimum absolute atomic E-state index is 0.114. The van der Waals surface area contributed by atoms with Gasteiger partial charge in [0.15, 0.2) is 0 Å². The van der Waals surface area contributed by atoms with Crippen molar-refractivity contribution in [2.24, 2.45) is 0 Å². The first-order chi connectivity index (χ1) is 28.6. The van der Waals surface area contributed by atoms with E-state index in [0.29, 0.717) is 0 Å². The molecule has 10 aromatic carbocycles. The monoisotopic (exact) mass is 739 g/mol. The molecule has 0 spiro atoms. The van der Waals surface area contributed by atoms with Gasteiger partial charge in [-0.1, -0.05) is 178 Å². The number of para-hydroxylation sites is 2. The van der Waals surface area contributed by atoms with Crippen molar-refractivity contribution in [2.75, 3.05) is 4.90 Å². The van der Waals surface area contributed by atoms with E-state index < -0.39 is 0 Å². The number of hydrogen-bond acceptors (Lipinski definition) is 1. The Morgan fingerprint density at radius 3 is 1.55 bits per heavy atom. The van der Waals surface area contributed by atoms with Gasteiger partial charge in [-0.25, -0.2) is 0 Å². The molecule has 0 radical (unpaired) electrons. The van der Waals surface area contributed by atoms with Crippen molar-refractivity contribution in [3.05, 3.63) is 223 Å². The first kappa shape index (κ1) is 34.1. The van der Waals surface area contributed by atoms with Gasteiger partial charge in [0.2, 0.25) is 0 Å². The smallest absolute Gasteiger partial charge is 0.0468 e. The van der Waals surface area contributed by atoms with Crippen molar-refractivity contribution < 1.29 is 0 Å². The fraction of sp³-hybridized carbons (Fsp3) is 0.0526. The van der Waals surface area contributed by atoms with Gasteiger partial charge in [0.05, 0.1) is 0 Å². The molecule has 274 valence electrons. The Morgan fingerprint density at radius 1 is 0.310 bits per heavy atom. The van der Waals surface area contributed by atoms with Gasteiger partial charge in [0, 0.05) is 22.5 Å². The topological polar surface area (TPSA) is 3.24 Å². The van der Waals surface area contributed by atoms with Crippen LogP contribution < -0.4 is 4.90 Å². The molecule has 10 aromatic rings. The van der Waals surface area contributed by atoms with Crippen LogP contribution in [-0.4, -0.2) is 0 Å². The molecule has 1 nitrogen and oxygen atoms in total. The summed E-state index contributed by atoms with van der Waals surface area (Å²) in [6.07, 6.45) is 0. The van der Waals surface area contributed by atoms with Crippen LogP contribution in [0.5, 0.6) is 0 Å². The summed E-state index contributed by atoms with van der Waals surface area (Å²) in [5, 5.41) is 7.52. The number of nitrogens with zero attached hydrogens (tertiary/aromatic N) is 1. The van der Waals surface area contributed by atoms with Gasteiger partial charge in [-0.05, 0) is 136 Å². The summed E-state index contributed by atoms with van der Waals surface area (Å²) in [7, 11) is 0. The Kier molecular flexibility index (Phi) is 7.91. The Morgan fingerprint density at radius 2 is 0.862 bits per heavy atom. The number of benzene rings is 10. The summed E-state index contributed by atoms with van der Waals surface area (Å²) in [4.78, 5) is 2.37. The number of fused-ring (bicyclic) bond motifs is 9. The Labute approximate surface area is 340 Å². The SMILES string of the molecule is CC1(C)c2ccccc2-c2ccc(-c3cc(-c4ccccc4)c4c5ccccc5c5cc(N(c6ccccc6)c6ccccc6)ccc5c4c3-c3ccccc3)cc21. The van der Waals surface area contributed by atoms with Crippen LogP contribution >= 0.6 is 0 Å². The maximum atomic E-state index is 2.48. The van der Waals surface area contributed by atoms with Gasteiger partial charge >= 0.3 is 0 Å². The average Bonchev–Trinajstić information content (AvgIpc) is 3.52. The highest BCUT2D eigenvalue weighted by molar-refractivity contribution is 6.33. The molecular weight excluding hydrogens is 699 g/mol. The molecule has 11 rings (SSSR count). The van der Waals surface area contributed by atoms with Crippen molar-refractivity contribution in [1.82, 2.24) is 0 Å². The maximum absolute atomic E-state index is 2.48. The van der Waals surface area contributed by atoms with E-state index in [0.717, 1.165) is 17.1 Å². The highest BCUT2D eigenvalue weighted by Gasteiger charge is 2.35. The van der Waals surface area contributed by atoms with E-state index in [1.807, 2.05) is 0 Å². The van der Waals surface area contributed by atoms with Crippen LogP contribution in [0.3, 0.4) is 0 Å². The molecule has 0 aliphatic heterocycles. The highest BCUT2D eigenvalue weighted by atomic mass is 15.1. The van der Waals surface area contributed by atoms with Crippen LogP contribution in [0.4, 0.5) is 17.1 Å². The van der Waals surface area contributed by atoms with Crippen molar-refractivity contribution in [1.29, 1.82) is 0 Å². The zero-order valence-corrected chi connectivity index (χ0v) is 32.7. The van der Waals surface area contributed by atoms with Crippen molar-refractivity contribution in [3.63, 3.8) is 0 Å². The maximum Gasteiger partial charge on any atom is 0.0468 e. The predicted octanol–water partition coefficient (Wildman–Crippen LogP) is 15.9. The molecule has 1 heteroatoms. The lowest BCUT2D eigenvalue weighted by molar-refractivity contribution is 0.660. The Balaban J connectivity index is 1.28. The molecule has 58 heavy (non-hydrogen) atoms. The zero-order chi connectivity index (χ0) is 38.8.